The average molecular weight is 210 g/mol. The summed E-state index contributed by atoms with van der Waals surface area (Å²) in [7, 11) is 2.18. The Morgan fingerprint density at radius 1 is 1.60 bits per heavy atom. The Balaban J connectivity index is 0.000000500. The monoisotopic (exact) mass is 210 g/mol. The first kappa shape index (κ1) is 9.22. The van der Waals surface area contributed by atoms with Gasteiger partial charge in [0.25, 0.3) is 0 Å². The molecule has 1 atom stereocenters. The van der Waals surface area contributed by atoms with Gasteiger partial charge in [0.2, 0.25) is 0 Å². The summed E-state index contributed by atoms with van der Waals surface area (Å²) < 4.78 is 0. The fourth-order valence-corrected chi connectivity index (χ4v) is 1.80. The van der Waals surface area contributed by atoms with Gasteiger partial charge in [-0.25, -0.2) is 12.0 Å². The maximum Gasteiger partial charge on any atom is 0 e. The molecular weight excluding hydrogens is 198 g/mol. The molecule has 0 bridgehead atoms. The van der Waals surface area contributed by atoms with E-state index in [0.29, 0.717) is 5.31 Å². The van der Waals surface area contributed by atoms with Crippen LogP contribution in [0.1, 0.15) is 6.92 Å². The van der Waals surface area contributed by atoms with Gasteiger partial charge in [0, 0.05) is 32.7 Å². The van der Waals surface area contributed by atoms with Crippen molar-refractivity contribution in [3.05, 3.63) is 12.6 Å². The largest absolute Gasteiger partial charge is 0.383 e. The number of nitrogens with zero attached hydrogens (tertiary/aromatic N) is 1. The van der Waals surface area contributed by atoms with Gasteiger partial charge in [0.15, 0.2) is 0 Å². The Bertz CT molecular complexity index is 142. The Hall–Kier alpha value is 1.13. The van der Waals surface area contributed by atoms with Crippen LogP contribution in [0.4, 0.5) is 0 Å². The summed E-state index contributed by atoms with van der Waals surface area (Å²) >= 11 is 0. The van der Waals surface area contributed by atoms with E-state index in [-0.39, 0.29) is 32.7 Å². The third-order valence-corrected chi connectivity index (χ3v) is 2.49. The number of fused-ring (bicyclic) bond motifs is 1. The molecule has 1 radical (unpaired) electrons. The van der Waals surface area contributed by atoms with Crippen LogP contribution in [0.25, 0.3) is 0 Å². The van der Waals surface area contributed by atoms with Crippen LogP contribution in [0.15, 0.2) is 0 Å². The zero-order valence-corrected chi connectivity index (χ0v) is 9.51. The van der Waals surface area contributed by atoms with Crippen LogP contribution >= 0.6 is 0 Å². The van der Waals surface area contributed by atoms with Crippen molar-refractivity contribution in [2.45, 2.75) is 12.2 Å². The summed E-state index contributed by atoms with van der Waals surface area (Å²) in [6.45, 7) is 5.61. The Morgan fingerprint density at radius 2 is 2.30 bits per heavy atom. The molecule has 10 heavy (non-hydrogen) atoms. The van der Waals surface area contributed by atoms with E-state index < -0.39 is 0 Å². The maximum atomic E-state index is 2.44. The third kappa shape index (κ3) is 1.49. The van der Waals surface area contributed by atoms with Crippen LogP contribution in [-0.4, -0.2) is 31.7 Å². The van der Waals surface area contributed by atoms with Crippen molar-refractivity contribution in [1.82, 2.24) is 4.90 Å². The SMILES string of the molecule is CN1C[CH-]B2[CH-]C2(C)C1.[Y]. The first-order valence-corrected chi connectivity index (χ1v) is 3.59. The molecule has 53 valence electrons. The topological polar surface area (TPSA) is 3.24 Å². The van der Waals surface area contributed by atoms with E-state index in [1.165, 1.54) is 13.1 Å². The molecular formula is C7H12BNY-2. The normalized spacial score (nSPS) is 38.4. The van der Waals surface area contributed by atoms with Gasteiger partial charge < -0.3 is 17.5 Å². The molecule has 0 amide bonds. The third-order valence-electron chi connectivity index (χ3n) is 2.49. The van der Waals surface area contributed by atoms with Crippen LogP contribution < -0.4 is 0 Å². The molecule has 2 aliphatic rings. The summed E-state index contributed by atoms with van der Waals surface area (Å²) in [4.78, 5) is 2.38. The van der Waals surface area contributed by atoms with Crippen molar-refractivity contribution < 1.29 is 32.7 Å². The van der Waals surface area contributed by atoms with E-state index in [4.69, 9.17) is 0 Å². The molecule has 0 aromatic carbocycles. The molecule has 0 N–H and O–H groups in total. The molecule has 3 heteroatoms. The molecule has 2 fully saturated rings. The van der Waals surface area contributed by atoms with E-state index in [2.05, 4.69) is 31.5 Å². The van der Waals surface area contributed by atoms with Crippen LogP contribution in [0.3, 0.4) is 0 Å². The quantitative estimate of drug-likeness (QED) is 0.419. The second kappa shape index (κ2) is 2.88. The summed E-state index contributed by atoms with van der Waals surface area (Å²) in [6.07, 6.45) is 4.85. The van der Waals surface area contributed by atoms with Gasteiger partial charge in [0.05, 0.1) is 0 Å². The van der Waals surface area contributed by atoms with Crippen LogP contribution in [0.2, 0.25) is 5.31 Å². The molecule has 0 aromatic rings. The molecule has 0 aromatic heterocycles. The minimum absolute atomic E-state index is 0. The molecule has 0 spiro atoms. The maximum absolute atomic E-state index is 2.44. The summed E-state index contributed by atoms with van der Waals surface area (Å²) in [6, 6.07) is 0. The molecule has 2 saturated heterocycles. The summed E-state index contributed by atoms with van der Waals surface area (Å²) in [5, 5.41) is 0.562. The molecule has 2 heterocycles. The zero-order chi connectivity index (χ0) is 6.48. The van der Waals surface area contributed by atoms with Gasteiger partial charge in [0.1, 0.15) is 0 Å². The predicted molar refractivity (Wildman–Crippen MR) is 40.2 cm³/mol. The first-order valence-electron chi connectivity index (χ1n) is 3.59. The Morgan fingerprint density at radius 3 is 2.80 bits per heavy atom. The molecule has 1 unspecified atom stereocenters. The van der Waals surface area contributed by atoms with Gasteiger partial charge in [-0.1, -0.05) is 6.92 Å². The van der Waals surface area contributed by atoms with E-state index in [0.717, 1.165) is 6.71 Å². The van der Waals surface area contributed by atoms with Crippen molar-refractivity contribution >= 4 is 6.71 Å². The van der Waals surface area contributed by atoms with Gasteiger partial charge in [-0.05, 0) is 13.6 Å². The smallest absolute Gasteiger partial charge is 0 e. The van der Waals surface area contributed by atoms with Crippen molar-refractivity contribution in [2.75, 3.05) is 20.1 Å². The molecule has 1 nitrogen and oxygen atoms in total. The fraction of sp³-hybridized carbons (Fsp3) is 0.714. The number of hydrogen-bond acceptors (Lipinski definition) is 1. The average Bonchev–Trinajstić information content (AvgIpc) is 2.38. The molecule has 0 aliphatic carbocycles. The number of hydrogen-bond donors (Lipinski definition) is 0. The summed E-state index contributed by atoms with van der Waals surface area (Å²) in [5.41, 5.74) is 0. The summed E-state index contributed by atoms with van der Waals surface area (Å²) in [5.74, 6) is 0. The number of rotatable bonds is 0. The van der Waals surface area contributed by atoms with Crippen molar-refractivity contribution in [3.8, 4) is 0 Å². The van der Waals surface area contributed by atoms with Crippen molar-refractivity contribution in [3.63, 3.8) is 0 Å². The molecule has 2 aliphatic heterocycles. The minimum Gasteiger partial charge on any atom is -0.383 e. The second-order valence-electron chi connectivity index (χ2n) is 3.63. The van der Waals surface area contributed by atoms with Gasteiger partial charge in [-0.3, -0.25) is 0 Å². The van der Waals surface area contributed by atoms with Gasteiger partial charge in [-0.15, -0.1) is 6.54 Å². The van der Waals surface area contributed by atoms with Crippen LogP contribution in [0.5, 0.6) is 0 Å². The molecule has 0 saturated carbocycles. The second-order valence-corrected chi connectivity index (χ2v) is 3.63. The Kier molecular flexibility index (Phi) is 2.65. The van der Waals surface area contributed by atoms with Crippen LogP contribution in [0, 0.1) is 12.6 Å². The predicted octanol–water partition coefficient (Wildman–Crippen LogP) is 0.685. The standard InChI is InChI=1S/C7H12BN.Y/c1-7-5-8(7)3-4-9(2)6-7;/h3,5H,4,6H2,1-2H3;/q-2;. The fourth-order valence-electron chi connectivity index (χ4n) is 1.80. The van der Waals surface area contributed by atoms with Gasteiger partial charge in [-0.2, -0.15) is 0 Å². The Labute approximate surface area is 88.9 Å². The minimum atomic E-state index is 0. The van der Waals surface area contributed by atoms with Crippen molar-refractivity contribution in [2.24, 2.45) is 0 Å². The van der Waals surface area contributed by atoms with Gasteiger partial charge >= 0.3 is 0 Å². The van der Waals surface area contributed by atoms with Crippen molar-refractivity contribution in [1.29, 1.82) is 0 Å². The van der Waals surface area contributed by atoms with Crippen LogP contribution in [-0.2, 0) is 32.7 Å². The van der Waals surface area contributed by atoms with E-state index in [9.17, 15) is 0 Å². The molecule has 2 rings (SSSR count). The van der Waals surface area contributed by atoms with E-state index >= 15 is 0 Å². The zero-order valence-electron chi connectivity index (χ0n) is 6.67. The van der Waals surface area contributed by atoms with E-state index in [1.807, 2.05) is 0 Å². The van der Waals surface area contributed by atoms with E-state index in [1.54, 1.807) is 0 Å². The first-order chi connectivity index (χ1) is 4.21.